The molecule has 158 valence electrons. The molecule has 1 aromatic heterocycles. The van der Waals surface area contributed by atoms with E-state index in [0.29, 0.717) is 37.0 Å². The van der Waals surface area contributed by atoms with Crippen LogP contribution in [-0.2, 0) is 6.54 Å². The molecule has 0 unspecified atom stereocenters. The molecule has 0 fully saturated rings. The lowest BCUT2D eigenvalue weighted by atomic mass is 10.2. The lowest BCUT2D eigenvalue weighted by molar-refractivity contribution is 0.0953. The van der Waals surface area contributed by atoms with Crippen molar-refractivity contribution >= 4 is 35.8 Å². The second-order valence-electron chi connectivity index (χ2n) is 6.34. The molecule has 0 aliphatic carbocycles. The van der Waals surface area contributed by atoms with E-state index in [4.69, 9.17) is 4.42 Å². The van der Waals surface area contributed by atoms with Crippen LogP contribution in [0, 0.1) is 0 Å². The second-order valence-corrected chi connectivity index (χ2v) is 6.34. The van der Waals surface area contributed by atoms with Gasteiger partial charge in [-0.05, 0) is 30.7 Å². The van der Waals surface area contributed by atoms with Crippen molar-refractivity contribution in [3.05, 3.63) is 78.2 Å². The molecule has 0 saturated carbocycles. The predicted octanol–water partition coefficient (Wildman–Crippen LogP) is 3.44. The molecule has 0 bridgehead atoms. The lowest BCUT2D eigenvalue weighted by Gasteiger charge is -2.11. The number of amides is 1. The van der Waals surface area contributed by atoms with Gasteiger partial charge in [-0.3, -0.25) is 9.79 Å². The zero-order chi connectivity index (χ0) is 20.3. The fourth-order valence-corrected chi connectivity index (χ4v) is 2.69. The van der Waals surface area contributed by atoms with Gasteiger partial charge >= 0.3 is 0 Å². The summed E-state index contributed by atoms with van der Waals surface area (Å²) >= 11 is 0. The van der Waals surface area contributed by atoms with Crippen LogP contribution in [-0.4, -0.2) is 37.0 Å². The van der Waals surface area contributed by atoms with Crippen molar-refractivity contribution in [3.8, 4) is 11.5 Å². The summed E-state index contributed by atoms with van der Waals surface area (Å²) in [6.07, 6.45) is 2.42. The normalized spacial score (nSPS) is 10.8. The van der Waals surface area contributed by atoms with Gasteiger partial charge in [0.2, 0.25) is 5.89 Å². The number of aliphatic imine (C=N–C) groups is 1. The van der Waals surface area contributed by atoms with Crippen LogP contribution >= 0.6 is 24.0 Å². The summed E-state index contributed by atoms with van der Waals surface area (Å²) in [6.45, 7) is 1.77. The molecule has 0 atom stereocenters. The smallest absolute Gasteiger partial charge is 0.251 e. The first-order valence-corrected chi connectivity index (χ1v) is 9.54. The zero-order valence-electron chi connectivity index (χ0n) is 16.8. The van der Waals surface area contributed by atoms with Crippen molar-refractivity contribution < 1.29 is 9.21 Å². The van der Waals surface area contributed by atoms with Crippen molar-refractivity contribution in [2.75, 3.05) is 20.1 Å². The molecule has 30 heavy (non-hydrogen) atoms. The maximum atomic E-state index is 12.0. The van der Waals surface area contributed by atoms with Gasteiger partial charge in [-0.2, -0.15) is 0 Å². The van der Waals surface area contributed by atoms with Gasteiger partial charge in [-0.1, -0.05) is 36.4 Å². The molecular formula is C22H26IN5O2. The third kappa shape index (κ3) is 7.18. The van der Waals surface area contributed by atoms with E-state index in [1.165, 1.54) is 0 Å². The number of guanidine groups is 1. The Morgan fingerprint density at radius 1 is 0.967 bits per heavy atom. The maximum Gasteiger partial charge on any atom is 0.251 e. The Balaban J connectivity index is 0.00000320. The average molecular weight is 519 g/mol. The van der Waals surface area contributed by atoms with Gasteiger partial charge in [0.15, 0.2) is 5.96 Å². The van der Waals surface area contributed by atoms with Crippen molar-refractivity contribution in [2.24, 2.45) is 4.99 Å². The summed E-state index contributed by atoms with van der Waals surface area (Å²) in [7, 11) is 1.71. The fraction of sp³-hybridized carbons (Fsp3) is 0.227. The fourth-order valence-electron chi connectivity index (χ4n) is 2.69. The van der Waals surface area contributed by atoms with Crippen molar-refractivity contribution in [1.82, 2.24) is 20.9 Å². The molecule has 3 rings (SSSR count). The highest BCUT2D eigenvalue weighted by molar-refractivity contribution is 14.0. The highest BCUT2D eigenvalue weighted by Gasteiger charge is 2.07. The number of halogens is 1. The van der Waals surface area contributed by atoms with Crippen LogP contribution in [0.1, 0.15) is 22.5 Å². The minimum atomic E-state index is -0.0617. The summed E-state index contributed by atoms with van der Waals surface area (Å²) in [5.41, 5.74) is 2.40. The summed E-state index contributed by atoms with van der Waals surface area (Å²) in [5.74, 6) is 1.21. The molecule has 7 nitrogen and oxygen atoms in total. The molecule has 3 N–H and O–H groups in total. The molecular weight excluding hydrogens is 493 g/mol. The number of carbonyl (C=O) groups is 1. The molecule has 1 amide bonds. The molecule has 0 aliphatic rings. The third-order valence-electron chi connectivity index (χ3n) is 4.20. The van der Waals surface area contributed by atoms with Gasteiger partial charge in [0.25, 0.3) is 5.91 Å². The number of aromatic nitrogens is 1. The number of hydrogen-bond acceptors (Lipinski definition) is 4. The third-order valence-corrected chi connectivity index (χ3v) is 4.20. The molecule has 0 aliphatic heterocycles. The van der Waals surface area contributed by atoms with E-state index in [0.717, 1.165) is 17.7 Å². The standard InChI is InChI=1S/C22H25N5O2.HI/c1-23-22(25-14-8-13-24-20(28)17-9-4-2-5-10-17)26-15-19-16-29-21(27-19)18-11-6-3-7-12-18;/h2-7,9-12,16H,8,13-15H2,1H3,(H,24,28)(H2,23,25,26);1H. The number of nitrogens with zero attached hydrogens (tertiary/aromatic N) is 2. The minimum absolute atomic E-state index is 0. The molecule has 8 heteroatoms. The van der Waals surface area contributed by atoms with Gasteiger partial charge in [0, 0.05) is 31.3 Å². The number of oxazole rings is 1. The van der Waals surface area contributed by atoms with E-state index in [2.05, 4.69) is 25.9 Å². The predicted molar refractivity (Wildman–Crippen MR) is 129 cm³/mol. The van der Waals surface area contributed by atoms with Gasteiger partial charge in [0.05, 0.1) is 12.2 Å². The zero-order valence-corrected chi connectivity index (χ0v) is 19.1. The maximum absolute atomic E-state index is 12.0. The van der Waals surface area contributed by atoms with Crippen LogP contribution in [0.2, 0.25) is 0 Å². The Morgan fingerprint density at radius 2 is 1.63 bits per heavy atom. The summed E-state index contributed by atoms with van der Waals surface area (Å²) < 4.78 is 5.54. The van der Waals surface area contributed by atoms with Crippen LogP contribution in [0.5, 0.6) is 0 Å². The van der Waals surface area contributed by atoms with Gasteiger partial charge in [-0.15, -0.1) is 24.0 Å². The monoisotopic (exact) mass is 519 g/mol. The van der Waals surface area contributed by atoms with E-state index in [9.17, 15) is 4.79 Å². The number of benzene rings is 2. The summed E-state index contributed by atoms with van der Waals surface area (Å²) in [5, 5.41) is 9.33. The first kappa shape index (κ1) is 23.4. The molecule has 0 saturated heterocycles. The van der Waals surface area contributed by atoms with E-state index in [1.54, 1.807) is 25.4 Å². The SMILES string of the molecule is CN=C(NCCCNC(=O)c1ccccc1)NCc1coc(-c2ccccc2)n1.I. The van der Waals surface area contributed by atoms with Crippen LogP contribution in [0.25, 0.3) is 11.5 Å². The average Bonchev–Trinajstić information content (AvgIpc) is 3.26. The minimum Gasteiger partial charge on any atom is -0.444 e. The Hall–Kier alpha value is -2.88. The highest BCUT2D eigenvalue weighted by atomic mass is 127. The van der Waals surface area contributed by atoms with Crippen molar-refractivity contribution in [2.45, 2.75) is 13.0 Å². The van der Waals surface area contributed by atoms with E-state index >= 15 is 0 Å². The van der Waals surface area contributed by atoms with Crippen LogP contribution < -0.4 is 16.0 Å². The number of hydrogen-bond donors (Lipinski definition) is 3. The summed E-state index contributed by atoms with van der Waals surface area (Å²) in [4.78, 5) is 20.7. The van der Waals surface area contributed by atoms with Crippen LogP contribution in [0.15, 0.2) is 76.3 Å². The lowest BCUT2D eigenvalue weighted by Crippen LogP contribution is -2.38. The van der Waals surface area contributed by atoms with Crippen LogP contribution in [0.3, 0.4) is 0 Å². The second kappa shape index (κ2) is 12.6. The largest absolute Gasteiger partial charge is 0.444 e. The molecule has 1 heterocycles. The molecule has 0 spiro atoms. The topological polar surface area (TPSA) is 91.5 Å². The van der Waals surface area contributed by atoms with Crippen LogP contribution in [0.4, 0.5) is 0 Å². The number of rotatable bonds is 8. The first-order valence-electron chi connectivity index (χ1n) is 9.54. The molecule has 2 aromatic carbocycles. The quantitative estimate of drug-likeness (QED) is 0.184. The number of carbonyl (C=O) groups excluding carboxylic acids is 1. The Morgan fingerprint density at radius 3 is 2.33 bits per heavy atom. The van der Waals surface area contributed by atoms with Gasteiger partial charge in [-0.25, -0.2) is 4.98 Å². The van der Waals surface area contributed by atoms with Gasteiger partial charge < -0.3 is 20.4 Å². The van der Waals surface area contributed by atoms with E-state index in [-0.39, 0.29) is 29.9 Å². The van der Waals surface area contributed by atoms with Gasteiger partial charge in [0.1, 0.15) is 6.26 Å². The van der Waals surface area contributed by atoms with Crippen molar-refractivity contribution in [1.29, 1.82) is 0 Å². The first-order chi connectivity index (χ1) is 14.3. The van der Waals surface area contributed by atoms with E-state index < -0.39 is 0 Å². The number of nitrogens with one attached hydrogen (secondary N) is 3. The molecule has 3 aromatic rings. The van der Waals surface area contributed by atoms with E-state index in [1.807, 2.05) is 48.5 Å². The summed E-state index contributed by atoms with van der Waals surface area (Å²) in [6, 6.07) is 19.0. The Bertz CT molecular complexity index is 929. The highest BCUT2D eigenvalue weighted by Crippen LogP contribution is 2.17. The molecule has 0 radical (unpaired) electrons. The Labute approximate surface area is 193 Å². The Kier molecular flexibility index (Phi) is 9.85. The van der Waals surface area contributed by atoms with Crippen molar-refractivity contribution in [3.63, 3.8) is 0 Å².